The summed E-state index contributed by atoms with van der Waals surface area (Å²) >= 11 is 0. The summed E-state index contributed by atoms with van der Waals surface area (Å²) in [6.07, 6.45) is 0. The molecule has 0 atom stereocenters. The average molecular weight is 250 g/mol. The van der Waals surface area contributed by atoms with Crippen molar-refractivity contribution in [2.75, 3.05) is 0 Å². The molecule has 0 spiro atoms. The predicted molar refractivity (Wildman–Crippen MR) is 2.06 cm³/mol. The van der Waals surface area contributed by atoms with Crippen molar-refractivity contribution in [3.05, 3.63) is 0 Å². The van der Waals surface area contributed by atoms with E-state index in [0.29, 0.717) is 0 Å². The molecule has 0 heterocycles. The molecule has 0 rings (SSSR count). The third kappa shape index (κ3) is 36.0. The van der Waals surface area contributed by atoms with Gasteiger partial charge >= 0.3 is 21.1 Å². The van der Waals surface area contributed by atoms with Gasteiger partial charge in [0, 0.05) is 20.4 Å². The molecule has 0 fully saturated rings. The Labute approximate surface area is 58.0 Å². The first kappa shape index (κ1) is 113. The zero-order valence-electron chi connectivity index (χ0n) is 1.95. The Morgan fingerprint density at radius 1 is 0.600 bits per heavy atom. The standard InChI is InChI=1S/Mo.3O.Pd/q+6;3*-2;. The molecular formula is MoO3Pd. The van der Waals surface area contributed by atoms with Gasteiger partial charge in [0.25, 0.3) is 0 Å². The van der Waals surface area contributed by atoms with Gasteiger partial charge in [-0.25, -0.2) is 0 Å². The van der Waals surface area contributed by atoms with Gasteiger partial charge in [0.05, 0.1) is 0 Å². The third-order valence-corrected chi connectivity index (χ3v) is 0. The Balaban J connectivity index is 0. The van der Waals surface area contributed by atoms with Crippen molar-refractivity contribution in [2.45, 2.75) is 0 Å². The van der Waals surface area contributed by atoms with E-state index in [1.807, 2.05) is 0 Å². The maximum Gasteiger partial charge on any atom is 6.00 e. The van der Waals surface area contributed by atoms with Gasteiger partial charge in [0.2, 0.25) is 0 Å². The van der Waals surface area contributed by atoms with Crippen molar-refractivity contribution in [1.82, 2.24) is 0 Å². The van der Waals surface area contributed by atoms with Crippen LogP contribution in [0.5, 0.6) is 0 Å². The molecule has 0 bridgehead atoms. The molecule has 0 unspecified atom stereocenters. The molecule has 0 aromatic rings. The van der Waals surface area contributed by atoms with Crippen molar-refractivity contribution in [3.63, 3.8) is 0 Å². The second kappa shape index (κ2) is 61.8. The normalized spacial score (nSPS) is 0. The molecule has 5 heteroatoms. The van der Waals surface area contributed by atoms with Crippen molar-refractivity contribution >= 4 is 0 Å². The molecule has 0 saturated heterocycles. The predicted octanol–water partition coefficient (Wildman–Crippen LogP) is -0.361. The Hall–Kier alpha value is 1.23. The van der Waals surface area contributed by atoms with Crippen LogP contribution in [0.1, 0.15) is 0 Å². The Morgan fingerprint density at radius 3 is 0.600 bits per heavy atom. The Kier molecular flexibility index (Phi) is 1390. The molecule has 0 aliphatic rings. The topological polar surface area (TPSA) is 85.5 Å². The first-order chi connectivity index (χ1) is 0. The molecule has 0 aromatic carbocycles. The van der Waals surface area contributed by atoms with Crippen LogP contribution >= 0.6 is 0 Å². The fraction of sp³-hybridized carbons (Fsp3) is 0. The summed E-state index contributed by atoms with van der Waals surface area (Å²) in [5.74, 6) is 0. The van der Waals surface area contributed by atoms with Crippen LogP contribution in [0.4, 0.5) is 0 Å². The van der Waals surface area contributed by atoms with Crippen molar-refractivity contribution in [3.8, 4) is 0 Å². The summed E-state index contributed by atoms with van der Waals surface area (Å²) < 4.78 is 0. The van der Waals surface area contributed by atoms with Gasteiger partial charge in [-0.2, -0.15) is 0 Å². The van der Waals surface area contributed by atoms with E-state index in [2.05, 4.69) is 0 Å². The first-order valence-electron chi connectivity index (χ1n) is 0. The van der Waals surface area contributed by atoms with Crippen LogP contribution in [0.3, 0.4) is 0 Å². The molecule has 0 aliphatic carbocycles. The minimum atomic E-state index is 0. The van der Waals surface area contributed by atoms with Crippen molar-refractivity contribution in [2.24, 2.45) is 0 Å². The minimum Gasteiger partial charge on any atom is -2.00 e. The molecule has 0 radical (unpaired) electrons. The minimum absolute atomic E-state index is 0. The van der Waals surface area contributed by atoms with Gasteiger partial charge in [-0.3, -0.25) is 0 Å². The second-order valence-electron chi connectivity index (χ2n) is 0. The fourth-order valence-corrected chi connectivity index (χ4v) is 0. The van der Waals surface area contributed by atoms with Crippen LogP contribution in [0.2, 0.25) is 0 Å². The molecule has 0 saturated carbocycles. The van der Waals surface area contributed by atoms with Crippen LogP contribution in [0, 0.1) is 0 Å². The Morgan fingerprint density at radius 2 is 0.600 bits per heavy atom. The number of hydrogen-bond acceptors (Lipinski definition) is 0. The molecule has 0 aromatic heterocycles. The third-order valence-electron chi connectivity index (χ3n) is 0. The molecule has 0 N–H and O–H groups in total. The van der Waals surface area contributed by atoms with Crippen molar-refractivity contribution in [1.29, 1.82) is 0 Å². The van der Waals surface area contributed by atoms with Crippen LogP contribution in [-0.2, 0) is 57.9 Å². The molecule has 0 aliphatic heterocycles. The Bertz CT molecular complexity index is 6.85. The summed E-state index contributed by atoms with van der Waals surface area (Å²) in [5, 5.41) is 0. The summed E-state index contributed by atoms with van der Waals surface area (Å²) in [4.78, 5) is 0. The molecule has 3 nitrogen and oxygen atoms in total. The summed E-state index contributed by atoms with van der Waals surface area (Å²) in [6, 6.07) is 0. The van der Waals surface area contributed by atoms with E-state index in [0.717, 1.165) is 0 Å². The van der Waals surface area contributed by atoms with Crippen molar-refractivity contribution < 1.29 is 57.9 Å². The second-order valence-corrected chi connectivity index (χ2v) is 0. The summed E-state index contributed by atoms with van der Waals surface area (Å²) in [7, 11) is 0. The van der Waals surface area contributed by atoms with E-state index in [9.17, 15) is 0 Å². The van der Waals surface area contributed by atoms with E-state index in [-0.39, 0.29) is 57.9 Å². The van der Waals surface area contributed by atoms with Gasteiger partial charge < -0.3 is 16.4 Å². The summed E-state index contributed by atoms with van der Waals surface area (Å²) in [5.41, 5.74) is 0. The summed E-state index contributed by atoms with van der Waals surface area (Å²) in [6.45, 7) is 0. The molecule has 34 valence electrons. The van der Waals surface area contributed by atoms with E-state index in [1.54, 1.807) is 0 Å². The van der Waals surface area contributed by atoms with Gasteiger partial charge in [0.15, 0.2) is 0 Å². The zero-order valence-corrected chi connectivity index (χ0v) is 5.51. The SMILES string of the molecule is [Mo+6].[O-2].[O-2].[O-2].[Pd]. The maximum atomic E-state index is 0. The van der Waals surface area contributed by atoms with E-state index in [1.165, 1.54) is 0 Å². The van der Waals surface area contributed by atoms with Gasteiger partial charge in [-0.1, -0.05) is 0 Å². The quantitative estimate of drug-likeness (QED) is 0.526. The number of hydrogen-bond donors (Lipinski definition) is 0. The van der Waals surface area contributed by atoms with E-state index >= 15 is 0 Å². The van der Waals surface area contributed by atoms with Gasteiger partial charge in [-0.15, -0.1) is 0 Å². The first-order valence-corrected chi connectivity index (χ1v) is 0. The average Bonchev–Trinajstić information content (AvgIpc) is 0. The smallest absolute Gasteiger partial charge is 2.00 e. The fourth-order valence-electron chi connectivity index (χ4n) is 0. The van der Waals surface area contributed by atoms with E-state index < -0.39 is 0 Å². The van der Waals surface area contributed by atoms with Gasteiger partial charge in [0.1, 0.15) is 0 Å². The van der Waals surface area contributed by atoms with E-state index in [4.69, 9.17) is 0 Å². The van der Waals surface area contributed by atoms with Crippen LogP contribution in [0.15, 0.2) is 0 Å². The zero-order chi connectivity index (χ0) is 0. The monoisotopic (exact) mass is 252 g/mol. The molecule has 5 heavy (non-hydrogen) atoms. The molecular weight excluding hydrogens is 250 g/mol. The largest absolute Gasteiger partial charge is 6.00 e. The maximum absolute atomic E-state index is 0. The van der Waals surface area contributed by atoms with Crippen LogP contribution in [-0.4, -0.2) is 0 Å². The van der Waals surface area contributed by atoms with Crippen LogP contribution < -0.4 is 0 Å². The van der Waals surface area contributed by atoms with Crippen LogP contribution in [0.25, 0.3) is 0 Å². The van der Waals surface area contributed by atoms with Gasteiger partial charge in [-0.05, 0) is 0 Å². The number of rotatable bonds is 0. The molecule has 0 amide bonds.